The van der Waals surface area contributed by atoms with Gasteiger partial charge in [-0.15, -0.1) is 0 Å². The molecular formula is C39H68N8O7. The topological polar surface area (TPSA) is 187 Å². The number of aromatic nitrogens is 2. The lowest BCUT2D eigenvalue weighted by Gasteiger charge is -2.36. The number of hydrogen-bond donors (Lipinski definition) is 5. The molecule has 3 saturated heterocycles. The third kappa shape index (κ3) is 15.5. The number of rotatable bonds is 5. The van der Waals surface area contributed by atoms with Crippen molar-refractivity contribution in [3.63, 3.8) is 0 Å². The zero-order valence-electron chi connectivity index (χ0n) is 32.7. The lowest BCUT2D eigenvalue weighted by molar-refractivity contribution is -0.137. The fraction of sp³-hybridized carbons (Fsp3) is 0.744. The Morgan fingerprint density at radius 1 is 0.778 bits per heavy atom. The number of carbonyl (C=O) groups is 5. The first-order valence-electron chi connectivity index (χ1n) is 19.6. The molecule has 1 aromatic rings. The second-order valence-electron chi connectivity index (χ2n) is 14.8. The summed E-state index contributed by atoms with van der Waals surface area (Å²) in [6.45, 7) is 12.1. The van der Waals surface area contributed by atoms with Crippen molar-refractivity contribution in [3.8, 4) is 0 Å². The lowest BCUT2D eigenvalue weighted by atomic mass is 9.92. The number of hydrogen-bond acceptors (Lipinski definition) is 10. The Morgan fingerprint density at radius 3 is 1.48 bits per heavy atom. The highest BCUT2D eigenvalue weighted by molar-refractivity contribution is 5.83. The molecule has 1 aromatic heterocycles. The van der Waals surface area contributed by atoms with Gasteiger partial charge in [0.2, 0.25) is 17.7 Å². The van der Waals surface area contributed by atoms with Gasteiger partial charge in [0.15, 0.2) is 0 Å². The summed E-state index contributed by atoms with van der Waals surface area (Å²) in [5.74, 6) is 0.626. The Labute approximate surface area is 321 Å². The van der Waals surface area contributed by atoms with Crippen molar-refractivity contribution in [1.29, 1.82) is 0 Å². The molecule has 3 unspecified atom stereocenters. The van der Waals surface area contributed by atoms with Crippen molar-refractivity contribution in [3.05, 3.63) is 34.3 Å². The SMILES string of the molecule is C.C/C=C/C(=O)OCC.CC1CC(=O)NN1.CC1CC(=O)NN1C1CCC1.CC1CC(=O)NN1C1CCC1.Cc1cc(=O)[nH]n1C1CCC1.O=C1CCC1. The minimum Gasteiger partial charge on any atom is -0.463 e. The molecule has 0 aromatic carbocycles. The average Bonchev–Trinajstić information content (AvgIpc) is 3.74. The molecule has 0 spiro atoms. The number of H-pyrrole nitrogens is 1. The van der Waals surface area contributed by atoms with Gasteiger partial charge in [-0.1, -0.05) is 26.3 Å². The number of aromatic amines is 1. The van der Waals surface area contributed by atoms with Crippen LogP contribution in [-0.2, 0) is 28.7 Å². The molecule has 306 valence electrons. The van der Waals surface area contributed by atoms with Crippen LogP contribution >= 0.6 is 0 Å². The zero-order valence-corrected chi connectivity index (χ0v) is 32.7. The molecule has 3 amide bonds. The highest BCUT2D eigenvalue weighted by atomic mass is 16.5. The summed E-state index contributed by atoms with van der Waals surface area (Å²) in [6.07, 6.45) is 19.2. The number of hydrazine groups is 3. The van der Waals surface area contributed by atoms with Gasteiger partial charge in [-0.25, -0.2) is 20.2 Å². The summed E-state index contributed by atoms with van der Waals surface area (Å²) in [6, 6.07) is 4.62. The first-order chi connectivity index (χ1) is 25.3. The van der Waals surface area contributed by atoms with Crippen LogP contribution in [-0.4, -0.2) is 86.1 Å². The highest BCUT2D eigenvalue weighted by Crippen LogP contribution is 2.31. The predicted molar refractivity (Wildman–Crippen MR) is 208 cm³/mol. The molecule has 4 saturated carbocycles. The molecule has 8 rings (SSSR count). The van der Waals surface area contributed by atoms with E-state index >= 15 is 0 Å². The lowest BCUT2D eigenvalue weighted by Crippen LogP contribution is -2.48. The van der Waals surface area contributed by atoms with Crippen LogP contribution in [0.1, 0.15) is 150 Å². The van der Waals surface area contributed by atoms with Crippen LogP contribution in [0, 0.1) is 6.92 Å². The van der Waals surface area contributed by atoms with E-state index in [9.17, 15) is 28.8 Å². The maximum absolute atomic E-state index is 11.0. The van der Waals surface area contributed by atoms with E-state index < -0.39 is 0 Å². The number of ketones is 1. The van der Waals surface area contributed by atoms with E-state index in [1.807, 2.05) is 18.5 Å². The van der Waals surface area contributed by atoms with Crippen molar-refractivity contribution in [1.82, 2.24) is 41.5 Å². The number of allylic oxidation sites excluding steroid dienone is 1. The highest BCUT2D eigenvalue weighted by Gasteiger charge is 2.36. The van der Waals surface area contributed by atoms with Crippen LogP contribution in [0.5, 0.6) is 0 Å². The summed E-state index contributed by atoms with van der Waals surface area (Å²) < 4.78 is 6.55. The average molecular weight is 761 g/mol. The standard InChI is InChI=1S/2C8H14N2O.C8H12N2O.C6H10O2.C4H8N2O.C4H6O.CH4/c3*1-6-5-8(11)9-10(6)7-3-2-4-7;1-3-5-6(7)8-4-2;1-3-2-4(7)6-5-3;5-4-2-1-3-4;/h2*6-7H,2-5H2,1H3,(H,9,11);5,7H,2-4H2,1H3,(H,9,11);3,5H,4H2,1-2H3;3,5H,2H2,1H3,(H,6,7);1-3H2;1H4/b;;;5-3+;;;. The molecule has 15 heteroatoms. The molecule has 3 atom stereocenters. The Morgan fingerprint density at radius 2 is 1.26 bits per heavy atom. The van der Waals surface area contributed by atoms with Gasteiger partial charge in [0.1, 0.15) is 5.78 Å². The van der Waals surface area contributed by atoms with Crippen molar-refractivity contribution < 1.29 is 28.7 Å². The van der Waals surface area contributed by atoms with Crippen LogP contribution in [0.3, 0.4) is 0 Å². The first kappa shape index (κ1) is 46.3. The minimum atomic E-state index is -0.269. The second-order valence-corrected chi connectivity index (χ2v) is 14.8. The number of amides is 3. The van der Waals surface area contributed by atoms with E-state index in [-0.39, 0.29) is 36.7 Å². The smallest absolute Gasteiger partial charge is 0.330 e. The molecule has 4 aliphatic carbocycles. The Hall–Kier alpha value is -3.82. The molecule has 15 nitrogen and oxygen atoms in total. The summed E-state index contributed by atoms with van der Waals surface area (Å²) in [5.41, 5.74) is 12.1. The van der Waals surface area contributed by atoms with E-state index in [0.29, 0.717) is 67.9 Å². The van der Waals surface area contributed by atoms with E-state index in [4.69, 9.17) is 0 Å². The number of esters is 1. The zero-order chi connectivity index (χ0) is 38.9. The van der Waals surface area contributed by atoms with E-state index in [0.717, 1.165) is 25.0 Å². The van der Waals surface area contributed by atoms with Gasteiger partial charge >= 0.3 is 5.97 Å². The molecule has 0 bridgehead atoms. The Kier molecular flexibility index (Phi) is 20.5. The molecule has 54 heavy (non-hydrogen) atoms. The molecule has 4 heterocycles. The third-order valence-electron chi connectivity index (χ3n) is 10.2. The van der Waals surface area contributed by atoms with Crippen molar-refractivity contribution in [2.75, 3.05) is 6.61 Å². The largest absolute Gasteiger partial charge is 0.463 e. The van der Waals surface area contributed by atoms with Crippen LogP contribution in [0.15, 0.2) is 23.0 Å². The fourth-order valence-corrected chi connectivity index (χ4v) is 6.32. The van der Waals surface area contributed by atoms with Gasteiger partial charge in [-0.2, -0.15) is 0 Å². The molecule has 7 fully saturated rings. The summed E-state index contributed by atoms with van der Waals surface area (Å²) >= 11 is 0. The van der Waals surface area contributed by atoms with Gasteiger partial charge in [-0.3, -0.25) is 50.0 Å². The van der Waals surface area contributed by atoms with Crippen LogP contribution in [0.25, 0.3) is 0 Å². The van der Waals surface area contributed by atoms with E-state index in [1.54, 1.807) is 26.0 Å². The third-order valence-corrected chi connectivity index (χ3v) is 10.2. The fourth-order valence-electron chi connectivity index (χ4n) is 6.32. The van der Waals surface area contributed by atoms with E-state index in [1.165, 1.54) is 63.9 Å². The molecule has 0 radical (unpaired) electrons. The normalized spacial score (nSPS) is 24.8. The molecule has 3 aliphatic heterocycles. The Balaban J connectivity index is 0.000000227. The van der Waals surface area contributed by atoms with Crippen LogP contribution < -0.4 is 27.3 Å². The van der Waals surface area contributed by atoms with Crippen molar-refractivity contribution >= 4 is 29.5 Å². The summed E-state index contributed by atoms with van der Waals surface area (Å²) in [5, 5.41) is 7.07. The summed E-state index contributed by atoms with van der Waals surface area (Å²) in [4.78, 5) is 63.3. The van der Waals surface area contributed by atoms with Gasteiger partial charge in [0.05, 0.1) is 12.6 Å². The Bertz CT molecular complexity index is 1380. The molecule has 5 N–H and O–H groups in total. The van der Waals surface area contributed by atoms with Crippen molar-refractivity contribution in [2.45, 2.75) is 182 Å². The minimum absolute atomic E-state index is 0. The van der Waals surface area contributed by atoms with Gasteiger partial charge in [0, 0.05) is 80.1 Å². The predicted octanol–water partition coefficient (Wildman–Crippen LogP) is 4.44. The maximum atomic E-state index is 11.0. The first-order valence-corrected chi connectivity index (χ1v) is 19.6. The number of ether oxygens (including phenoxy) is 1. The quantitative estimate of drug-likeness (QED) is 0.212. The van der Waals surface area contributed by atoms with Crippen LogP contribution in [0.2, 0.25) is 0 Å². The maximum Gasteiger partial charge on any atom is 0.330 e. The van der Waals surface area contributed by atoms with Crippen molar-refractivity contribution in [2.24, 2.45) is 0 Å². The number of nitrogens with one attached hydrogen (secondary N) is 5. The number of Topliss-reactive ketones (excluding diaryl/α,β-unsaturated/α-hetero) is 1. The van der Waals surface area contributed by atoms with Gasteiger partial charge in [-0.05, 0) is 92.9 Å². The van der Waals surface area contributed by atoms with E-state index in [2.05, 4.69) is 55.4 Å². The van der Waals surface area contributed by atoms with Gasteiger partial charge < -0.3 is 4.74 Å². The number of carbonyl (C=O) groups excluding carboxylic acids is 5. The second kappa shape index (κ2) is 23.9. The number of nitrogens with zero attached hydrogens (tertiary/aromatic N) is 3. The number of aryl methyl sites for hydroxylation is 1. The van der Waals surface area contributed by atoms with Gasteiger partial charge in [0.25, 0.3) is 5.56 Å². The van der Waals surface area contributed by atoms with Crippen LogP contribution in [0.4, 0.5) is 0 Å². The molecule has 7 aliphatic rings. The molecular weight excluding hydrogens is 692 g/mol. The monoisotopic (exact) mass is 761 g/mol. The summed E-state index contributed by atoms with van der Waals surface area (Å²) in [7, 11) is 0.